The van der Waals surface area contributed by atoms with E-state index in [0.29, 0.717) is 19.3 Å². The van der Waals surface area contributed by atoms with Gasteiger partial charge in [-0.15, -0.1) is 0 Å². The zero-order valence-corrected chi connectivity index (χ0v) is 38.1. The van der Waals surface area contributed by atoms with E-state index in [4.69, 9.17) is 14.2 Å². The Balaban J connectivity index is 4.17. The number of hydrogen-bond acceptors (Lipinski definition) is 6. The smallest absolute Gasteiger partial charge is 0.306 e. The van der Waals surface area contributed by atoms with Gasteiger partial charge < -0.3 is 14.2 Å². The van der Waals surface area contributed by atoms with Gasteiger partial charge in [0.15, 0.2) is 6.10 Å². The molecule has 0 N–H and O–H groups in total. The van der Waals surface area contributed by atoms with Gasteiger partial charge in [-0.1, -0.05) is 240 Å². The van der Waals surface area contributed by atoms with Crippen molar-refractivity contribution in [2.75, 3.05) is 13.2 Å². The lowest BCUT2D eigenvalue weighted by Gasteiger charge is -2.18. The van der Waals surface area contributed by atoms with E-state index in [9.17, 15) is 14.4 Å². The van der Waals surface area contributed by atoms with Crippen molar-refractivity contribution < 1.29 is 28.6 Å². The van der Waals surface area contributed by atoms with Gasteiger partial charge in [0.2, 0.25) is 0 Å². The van der Waals surface area contributed by atoms with Crippen molar-refractivity contribution in [3.8, 4) is 0 Å². The third-order valence-electron chi connectivity index (χ3n) is 11.3. The Morgan fingerprint density at radius 3 is 0.875 bits per heavy atom. The Morgan fingerprint density at radius 2 is 0.589 bits per heavy atom. The number of unbranched alkanes of at least 4 members (excludes halogenated alkanes) is 32. The van der Waals surface area contributed by atoms with Gasteiger partial charge in [-0.3, -0.25) is 14.4 Å². The second-order valence-corrected chi connectivity index (χ2v) is 17.6. The maximum absolute atomic E-state index is 12.6. The molecule has 332 valence electrons. The van der Waals surface area contributed by atoms with Crippen LogP contribution in [0.3, 0.4) is 0 Å². The normalized spacial score (nSPS) is 11.9. The summed E-state index contributed by atoms with van der Waals surface area (Å²) in [7, 11) is 0. The van der Waals surface area contributed by atoms with E-state index in [-0.39, 0.29) is 31.1 Å². The highest BCUT2D eigenvalue weighted by Crippen LogP contribution is 2.17. The third kappa shape index (κ3) is 43.5. The lowest BCUT2D eigenvalue weighted by Crippen LogP contribution is -2.30. The van der Waals surface area contributed by atoms with Crippen LogP contribution in [0.25, 0.3) is 0 Å². The average Bonchev–Trinajstić information content (AvgIpc) is 3.18. The topological polar surface area (TPSA) is 78.9 Å². The van der Waals surface area contributed by atoms with Gasteiger partial charge in [-0.25, -0.2) is 0 Å². The van der Waals surface area contributed by atoms with Crippen LogP contribution < -0.4 is 0 Å². The fourth-order valence-corrected chi connectivity index (χ4v) is 7.51. The minimum Gasteiger partial charge on any atom is -0.462 e. The summed E-state index contributed by atoms with van der Waals surface area (Å²) in [6, 6.07) is 0. The summed E-state index contributed by atoms with van der Waals surface area (Å²) in [5.41, 5.74) is 0. The second-order valence-electron chi connectivity index (χ2n) is 17.6. The van der Waals surface area contributed by atoms with Crippen LogP contribution in [-0.4, -0.2) is 37.2 Å². The highest BCUT2D eigenvalue weighted by molar-refractivity contribution is 5.71. The molecule has 0 heterocycles. The molecule has 1 atom stereocenters. The molecule has 0 aliphatic heterocycles. The predicted octanol–water partition coefficient (Wildman–Crippen LogP) is 15.9. The quantitative estimate of drug-likeness (QED) is 0.0347. The van der Waals surface area contributed by atoms with Crippen molar-refractivity contribution in [1.29, 1.82) is 0 Å². The molecule has 0 saturated heterocycles. The molecule has 0 radical (unpaired) electrons. The van der Waals surface area contributed by atoms with E-state index in [0.717, 1.165) is 63.7 Å². The highest BCUT2D eigenvalue weighted by Gasteiger charge is 2.19. The van der Waals surface area contributed by atoms with Crippen molar-refractivity contribution in [2.45, 2.75) is 284 Å². The molecule has 0 aliphatic rings. The Hall–Kier alpha value is -1.59. The molecule has 0 aromatic heterocycles. The molecule has 0 unspecified atom stereocenters. The molecule has 0 rings (SSSR count). The fourth-order valence-electron chi connectivity index (χ4n) is 7.51. The number of hydrogen-bond donors (Lipinski definition) is 0. The summed E-state index contributed by atoms with van der Waals surface area (Å²) >= 11 is 0. The van der Waals surface area contributed by atoms with Crippen LogP contribution >= 0.6 is 0 Å². The summed E-state index contributed by atoms with van der Waals surface area (Å²) in [5.74, 6) is -0.0279. The Labute approximate surface area is 348 Å². The van der Waals surface area contributed by atoms with Crippen molar-refractivity contribution in [3.63, 3.8) is 0 Å². The number of carbonyl (C=O) groups excluding carboxylic acids is 3. The van der Waals surface area contributed by atoms with E-state index in [1.807, 2.05) is 0 Å². The summed E-state index contributed by atoms with van der Waals surface area (Å²) < 4.78 is 16.7. The maximum Gasteiger partial charge on any atom is 0.306 e. The van der Waals surface area contributed by atoms with Crippen LogP contribution in [0, 0.1) is 5.92 Å². The fraction of sp³-hybridized carbons (Fsp3) is 0.940. The first kappa shape index (κ1) is 54.4. The van der Waals surface area contributed by atoms with Gasteiger partial charge in [0.05, 0.1) is 0 Å². The minimum atomic E-state index is -0.759. The second kappa shape index (κ2) is 44.5. The van der Waals surface area contributed by atoms with Gasteiger partial charge in [0, 0.05) is 19.3 Å². The molecule has 6 nitrogen and oxygen atoms in total. The standard InChI is InChI=1S/C50H96O6/c1-5-7-9-11-13-14-15-16-17-18-19-20-23-26-30-33-37-41-48(51)54-44-47(56-50(53)43-39-35-28-12-10-8-6-2)45-55-49(52)42-38-34-31-27-24-21-22-25-29-32-36-40-46(3)4/h46-47H,5-45H2,1-4H3/t47-/m0/s1. The summed E-state index contributed by atoms with van der Waals surface area (Å²) in [6.45, 7) is 8.97. The molecule has 0 fully saturated rings. The lowest BCUT2D eigenvalue weighted by atomic mass is 10.0. The third-order valence-corrected chi connectivity index (χ3v) is 11.3. The number of esters is 3. The van der Waals surface area contributed by atoms with Crippen LogP contribution in [0.15, 0.2) is 0 Å². The molecule has 0 saturated carbocycles. The van der Waals surface area contributed by atoms with Gasteiger partial charge in [-0.05, 0) is 25.2 Å². The Kier molecular flexibility index (Phi) is 43.2. The maximum atomic E-state index is 12.6. The molecular weight excluding hydrogens is 697 g/mol. The molecule has 0 amide bonds. The minimum absolute atomic E-state index is 0.0637. The SMILES string of the molecule is CCCCCCCCCCCCCCCCCCCC(=O)OC[C@@H](COC(=O)CCCCCCCCCCCCCC(C)C)OC(=O)CCCCCCCCC. The van der Waals surface area contributed by atoms with E-state index in [2.05, 4.69) is 27.7 Å². The first-order valence-electron chi connectivity index (χ1n) is 24.9. The lowest BCUT2D eigenvalue weighted by molar-refractivity contribution is -0.167. The van der Waals surface area contributed by atoms with Crippen LogP contribution in [-0.2, 0) is 28.6 Å². The summed E-state index contributed by atoms with van der Waals surface area (Å²) in [5, 5.41) is 0. The van der Waals surface area contributed by atoms with Gasteiger partial charge in [0.1, 0.15) is 13.2 Å². The molecule has 0 aliphatic carbocycles. The zero-order valence-electron chi connectivity index (χ0n) is 38.1. The first-order chi connectivity index (χ1) is 27.4. The van der Waals surface area contributed by atoms with Gasteiger partial charge in [-0.2, -0.15) is 0 Å². The number of ether oxygens (including phenoxy) is 3. The molecule has 56 heavy (non-hydrogen) atoms. The molecular formula is C50H96O6. The van der Waals surface area contributed by atoms with Crippen LogP contribution in [0.2, 0.25) is 0 Å². The van der Waals surface area contributed by atoms with E-state index < -0.39 is 6.10 Å². The van der Waals surface area contributed by atoms with Crippen LogP contribution in [0.1, 0.15) is 278 Å². The molecule has 0 aromatic carbocycles. The van der Waals surface area contributed by atoms with Crippen molar-refractivity contribution in [2.24, 2.45) is 5.92 Å². The van der Waals surface area contributed by atoms with Crippen molar-refractivity contribution in [3.05, 3.63) is 0 Å². The van der Waals surface area contributed by atoms with Crippen LogP contribution in [0.5, 0.6) is 0 Å². The molecule has 0 spiro atoms. The summed E-state index contributed by atoms with van der Waals surface area (Å²) in [6.07, 6.45) is 45.3. The Bertz CT molecular complexity index is 841. The predicted molar refractivity (Wildman–Crippen MR) is 238 cm³/mol. The molecule has 0 aromatic rings. The largest absolute Gasteiger partial charge is 0.462 e. The Morgan fingerprint density at radius 1 is 0.339 bits per heavy atom. The molecule has 0 bridgehead atoms. The number of rotatable bonds is 45. The van der Waals surface area contributed by atoms with E-state index in [1.165, 1.54) is 173 Å². The number of carbonyl (C=O) groups is 3. The zero-order chi connectivity index (χ0) is 41.0. The monoisotopic (exact) mass is 793 g/mol. The van der Waals surface area contributed by atoms with E-state index >= 15 is 0 Å². The van der Waals surface area contributed by atoms with E-state index in [1.54, 1.807) is 0 Å². The first-order valence-corrected chi connectivity index (χ1v) is 24.9. The molecule has 6 heteroatoms. The van der Waals surface area contributed by atoms with Crippen LogP contribution in [0.4, 0.5) is 0 Å². The van der Waals surface area contributed by atoms with Crippen molar-refractivity contribution in [1.82, 2.24) is 0 Å². The summed E-state index contributed by atoms with van der Waals surface area (Å²) in [4.78, 5) is 37.7. The van der Waals surface area contributed by atoms with Gasteiger partial charge >= 0.3 is 17.9 Å². The average molecular weight is 793 g/mol. The van der Waals surface area contributed by atoms with Gasteiger partial charge in [0.25, 0.3) is 0 Å². The highest BCUT2D eigenvalue weighted by atomic mass is 16.6. The van der Waals surface area contributed by atoms with Crippen molar-refractivity contribution >= 4 is 17.9 Å².